The van der Waals surface area contributed by atoms with Gasteiger partial charge in [0.1, 0.15) is 5.82 Å². The Balaban J connectivity index is 2.57. The Morgan fingerprint density at radius 3 is 2.38 bits per heavy atom. The number of carbonyl (C=O) groups is 1. The summed E-state index contributed by atoms with van der Waals surface area (Å²) in [5, 5.41) is 8.93. The standard InChI is InChI=1S/C14H12FNO4S/c1-9-2-5-11(6-3-9)16(21(19)20)13-8-10(14(17)18)4-7-12(13)15/h2-8H,1H3,(H,17,18)(H,19,20)/p-1. The molecule has 0 amide bonds. The van der Waals surface area contributed by atoms with Crippen molar-refractivity contribution in [2.45, 2.75) is 6.92 Å². The molecule has 0 aliphatic heterocycles. The minimum Gasteiger partial charge on any atom is -0.755 e. The van der Waals surface area contributed by atoms with Gasteiger partial charge in [-0.3, -0.25) is 8.51 Å². The predicted octanol–water partition coefficient (Wildman–Crippen LogP) is 2.76. The third-order valence-corrected chi connectivity index (χ3v) is 3.54. The van der Waals surface area contributed by atoms with E-state index in [4.69, 9.17) is 5.11 Å². The minimum atomic E-state index is -2.79. The molecule has 21 heavy (non-hydrogen) atoms. The lowest BCUT2D eigenvalue weighted by atomic mass is 10.1. The Kier molecular flexibility index (Phi) is 4.35. The first-order valence-corrected chi connectivity index (χ1v) is 6.92. The third-order valence-electron chi connectivity index (χ3n) is 2.83. The Bertz CT molecular complexity index is 703. The third kappa shape index (κ3) is 3.26. The van der Waals surface area contributed by atoms with Crippen LogP contribution in [0.2, 0.25) is 0 Å². The number of nitrogens with zero attached hydrogens (tertiary/aromatic N) is 1. The molecule has 0 saturated heterocycles. The Hall–Kier alpha value is -2.25. The van der Waals surface area contributed by atoms with Crippen LogP contribution in [0.4, 0.5) is 15.8 Å². The van der Waals surface area contributed by atoms with E-state index in [1.807, 2.05) is 6.92 Å². The molecule has 0 aliphatic rings. The van der Waals surface area contributed by atoms with Crippen LogP contribution in [0.3, 0.4) is 0 Å². The highest BCUT2D eigenvalue weighted by Gasteiger charge is 2.17. The van der Waals surface area contributed by atoms with Crippen LogP contribution < -0.4 is 4.31 Å². The van der Waals surface area contributed by atoms with Gasteiger partial charge in [-0.1, -0.05) is 17.7 Å². The molecule has 1 N–H and O–H groups in total. The fourth-order valence-electron chi connectivity index (χ4n) is 1.79. The molecule has 0 spiro atoms. The van der Waals surface area contributed by atoms with Crippen LogP contribution >= 0.6 is 0 Å². The first-order valence-electron chi connectivity index (χ1n) is 5.89. The minimum absolute atomic E-state index is 0.200. The van der Waals surface area contributed by atoms with Crippen molar-refractivity contribution in [3.8, 4) is 0 Å². The summed E-state index contributed by atoms with van der Waals surface area (Å²) in [6.07, 6.45) is 0. The van der Waals surface area contributed by atoms with Gasteiger partial charge in [0, 0.05) is 0 Å². The Morgan fingerprint density at radius 2 is 1.86 bits per heavy atom. The first-order chi connectivity index (χ1) is 9.90. The average molecular weight is 308 g/mol. The summed E-state index contributed by atoms with van der Waals surface area (Å²) in [6, 6.07) is 9.35. The van der Waals surface area contributed by atoms with Crippen LogP contribution in [0.5, 0.6) is 0 Å². The average Bonchev–Trinajstić information content (AvgIpc) is 2.42. The van der Waals surface area contributed by atoms with Gasteiger partial charge in [0.2, 0.25) is 0 Å². The van der Waals surface area contributed by atoms with Gasteiger partial charge >= 0.3 is 5.97 Å². The second kappa shape index (κ2) is 6.02. The molecule has 2 rings (SSSR count). The van der Waals surface area contributed by atoms with E-state index in [0.29, 0.717) is 4.31 Å². The van der Waals surface area contributed by atoms with E-state index >= 15 is 0 Å². The number of rotatable bonds is 4. The van der Waals surface area contributed by atoms with Gasteiger partial charge in [-0.25, -0.2) is 9.18 Å². The zero-order valence-corrected chi connectivity index (χ0v) is 11.8. The van der Waals surface area contributed by atoms with Crippen molar-refractivity contribution >= 4 is 28.6 Å². The molecule has 5 nitrogen and oxygen atoms in total. The maximum atomic E-state index is 13.9. The van der Waals surface area contributed by atoms with Gasteiger partial charge < -0.3 is 9.66 Å². The maximum Gasteiger partial charge on any atom is 0.335 e. The number of aryl methyl sites for hydroxylation is 1. The molecule has 110 valence electrons. The zero-order chi connectivity index (χ0) is 15.6. The molecule has 0 aliphatic carbocycles. The van der Waals surface area contributed by atoms with Gasteiger partial charge in [-0.15, -0.1) is 0 Å². The van der Waals surface area contributed by atoms with E-state index in [2.05, 4.69) is 0 Å². The molecule has 1 unspecified atom stereocenters. The largest absolute Gasteiger partial charge is 0.755 e. The highest BCUT2D eigenvalue weighted by molar-refractivity contribution is 7.81. The second-order valence-electron chi connectivity index (χ2n) is 4.32. The summed E-state index contributed by atoms with van der Waals surface area (Å²) >= 11 is -2.79. The van der Waals surface area contributed by atoms with E-state index in [0.717, 1.165) is 23.8 Å². The normalized spacial score (nSPS) is 12.0. The molecule has 0 saturated carbocycles. The van der Waals surface area contributed by atoms with Crippen molar-refractivity contribution in [2.75, 3.05) is 4.31 Å². The number of carboxylic acids is 1. The van der Waals surface area contributed by atoms with E-state index in [9.17, 15) is 17.9 Å². The summed E-state index contributed by atoms with van der Waals surface area (Å²) in [5.74, 6) is -2.10. The number of benzene rings is 2. The van der Waals surface area contributed by atoms with Crippen molar-refractivity contribution in [2.24, 2.45) is 0 Å². The van der Waals surface area contributed by atoms with Crippen LogP contribution in [0, 0.1) is 12.7 Å². The predicted molar refractivity (Wildman–Crippen MR) is 75.6 cm³/mol. The molecule has 0 radical (unpaired) electrons. The number of aromatic carboxylic acids is 1. The van der Waals surface area contributed by atoms with Crippen molar-refractivity contribution in [1.82, 2.24) is 0 Å². The van der Waals surface area contributed by atoms with E-state index < -0.39 is 23.1 Å². The smallest absolute Gasteiger partial charge is 0.335 e. The van der Waals surface area contributed by atoms with Gasteiger partial charge in [-0.05, 0) is 37.3 Å². The molecule has 2 aromatic carbocycles. The molecular weight excluding hydrogens is 297 g/mol. The lowest BCUT2D eigenvalue weighted by Crippen LogP contribution is -2.21. The summed E-state index contributed by atoms with van der Waals surface area (Å²) in [7, 11) is 0. The zero-order valence-electron chi connectivity index (χ0n) is 10.9. The molecule has 0 fully saturated rings. The lowest BCUT2D eigenvalue weighted by Gasteiger charge is -2.27. The fraction of sp³-hybridized carbons (Fsp3) is 0.0714. The Labute approximate surface area is 123 Å². The Morgan fingerprint density at radius 1 is 1.24 bits per heavy atom. The summed E-state index contributed by atoms with van der Waals surface area (Å²) in [6.45, 7) is 1.83. The molecule has 1 atom stereocenters. The van der Waals surface area contributed by atoms with Gasteiger partial charge in [0.05, 0.1) is 28.2 Å². The number of hydrogen-bond donors (Lipinski definition) is 1. The van der Waals surface area contributed by atoms with Crippen molar-refractivity contribution in [1.29, 1.82) is 0 Å². The lowest BCUT2D eigenvalue weighted by molar-refractivity contribution is 0.0697. The van der Waals surface area contributed by atoms with Crippen molar-refractivity contribution in [3.05, 3.63) is 59.4 Å². The van der Waals surface area contributed by atoms with Gasteiger partial charge in [0.15, 0.2) is 0 Å². The summed E-state index contributed by atoms with van der Waals surface area (Å²) < 4.78 is 37.5. The van der Waals surface area contributed by atoms with Crippen LogP contribution in [0.25, 0.3) is 0 Å². The second-order valence-corrected chi connectivity index (χ2v) is 5.12. The summed E-state index contributed by atoms with van der Waals surface area (Å²) in [5.41, 5.74) is 0.589. The monoisotopic (exact) mass is 308 g/mol. The van der Waals surface area contributed by atoms with E-state index in [1.165, 1.54) is 12.1 Å². The summed E-state index contributed by atoms with van der Waals surface area (Å²) in [4.78, 5) is 10.9. The molecule has 7 heteroatoms. The molecule has 0 heterocycles. The SMILES string of the molecule is Cc1ccc(N(c2cc(C(=O)O)ccc2F)S(=O)[O-])cc1. The molecular formula is C14H11FNO4S-. The van der Waals surface area contributed by atoms with Crippen molar-refractivity contribution in [3.63, 3.8) is 0 Å². The quantitative estimate of drug-likeness (QED) is 0.881. The van der Waals surface area contributed by atoms with Gasteiger partial charge in [-0.2, -0.15) is 0 Å². The topological polar surface area (TPSA) is 80.7 Å². The van der Waals surface area contributed by atoms with Gasteiger partial charge in [0.25, 0.3) is 0 Å². The van der Waals surface area contributed by atoms with Crippen LogP contribution in [-0.4, -0.2) is 19.8 Å². The highest BCUT2D eigenvalue weighted by Crippen LogP contribution is 2.30. The van der Waals surface area contributed by atoms with Crippen LogP contribution in [0.1, 0.15) is 15.9 Å². The van der Waals surface area contributed by atoms with Crippen molar-refractivity contribution < 1.29 is 23.1 Å². The fourth-order valence-corrected chi connectivity index (χ4v) is 2.38. The van der Waals surface area contributed by atoms with E-state index in [-0.39, 0.29) is 16.9 Å². The number of hydrogen-bond acceptors (Lipinski definition) is 3. The van der Waals surface area contributed by atoms with Crippen LogP contribution in [-0.2, 0) is 11.3 Å². The number of anilines is 2. The van der Waals surface area contributed by atoms with E-state index in [1.54, 1.807) is 12.1 Å². The number of carboxylic acid groups (broad SMARTS) is 1. The number of halogens is 1. The molecule has 2 aromatic rings. The molecule has 0 bridgehead atoms. The molecule has 0 aromatic heterocycles. The highest BCUT2D eigenvalue weighted by atomic mass is 32.2. The maximum absolute atomic E-state index is 13.9. The first kappa shape index (κ1) is 15.1. The van der Waals surface area contributed by atoms with Crippen LogP contribution in [0.15, 0.2) is 42.5 Å².